The highest BCUT2D eigenvalue weighted by Gasteiger charge is 2.44. The van der Waals surface area contributed by atoms with Crippen molar-refractivity contribution in [2.24, 2.45) is 0 Å². The van der Waals surface area contributed by atoms with Crippen LogP contribution in [-0.4, -0.2) is 63.7 Å². The first-order valence-corrected chi connectivity index (χ1v) is 8.97. The number of hydrogen-bond donors (Lipinski definition) is 1. The van der Waals surface area contributed by atoms with Crippen LogP contribution in [0.15, 0.2) is 12.4 Å². The zero-order valence-electron chi connectivity index (χ0n) is 15.9. The van der Waals surface area contributed by atoms with E-state index in [-0.39, 0.29) is 11.4 Å². The van der Waals surface area contributed by atoms with Crippen molar-refractivity contribution < 1.29 is 41.0 Å². The summed E-state index contributed by atoms with van der Waals surface area (Å²) in [6, 6.07) is 1.00. The molecule has 1 spiro atoms. The van der Waals surface area contributed by atoms with Crippen molar-refractivity contribution in [1.82, 2.24) is 14.9 Å². The van der Waals surface area contributed by atoms with E-state index in [0.29, 0.717) is 25.3 Å². The van der Waals surface area contributed by atoms with Gasteiger partial charge in [0, 0.05) is 38.2 Å². The van der Waals surface area contributed by atoms with Crippen LogP contribution in [0, 0.1) is 0 Å². The maximum absolute atomic E-state index is 12.8. The highest BCUT2D eigenvalue weighted by molar-refractivity contribution is 5.79. The molecular weight excluding hydrogens is 422 g/mol. The van der Waals surface area contributed by atoms with E-state index in [1.807, 2.05) is 16.8 Å². The second kappa shape index (κ2) is 8.64. The van der Waals surface area contributed by atoms with E-state index in [1.165, 1.54) is 0 Å². The molecule has 0 bridgehead atoms. The molecular formula is C17H20F6N4O3. The van der Waals surface area contributed by atoms with E-state index in [2.05, 4.69) is 9.97 Å². The number of carboxylic acid groups (broad SMARTS) is 1. The Labute approximate surface area is 167 Å². The van der Waals surface area contributed by atoms with Crippen molar-refractivity contribution >= 4 is 17.7 Å². The van der Waals surface area contributed by atoms with Crippen LogP contribution < -0.4 is 4.90 Å². The van der Waals surface area contributed by atoms with Gasteiger partial charge in [0.2, 0.25) is 5.91 Å². The number of anilines is 1. The number of hydrogen-bond acceptors (Lipinski definition) is 5. The topological polar surface area (TPSA) is 86.6 Å². The molecule has 2 aliphatic heterocycles. The number of nitrogens with zero attached hydrogens (tertiary/aromatic N) is 4. The highest BCUT2D eigenvalue weighted by atomic mass is 19.4. The molecule has 2 fully saturated rings. The van der Waals surface area contributed by atoms with Crippen molar-refractivity contribution in [2.45, 2.75) is 50.0 Å². The Morgan fingerprint density at radius 1 is 1.10 bits per heavy atom. The van der Waals surface area contributed by atoms with Gasteiger partial charge in [-0.15, -0.1) is 0 Å². The lowest BCUT2D eigenvalue weighted by molar-refractivity contribution is -0.192. The highest BCUT2D eigenvalue weighted by Crippen LogP contribution is 2.38. The normalized spacial score (nSPS) is 22.6. The first-order valence-electron chi connectivity index (χ1n) is 8.97. The minimum atomic E-state index is -5.08. The number of amides is 1. The van der Waals surface area contributed by atoms with Crippen LogP contribution in [0.2, 0.25) is 0 Å². The third-order valence-electron chi connectivity index (χ3n) is 5.32. The molecule has 0 aromatic carbocycles. The first kappa shape index (κ1) is 23.7. The molecule has 1 atom stereocenters. The number of alkyl halides is 6. The summed E-state index contributed by atoms with van der Waals surface area (Å²) in [6.07, 6.45) is -4.75. The van der Waals surface area contributed by atoms with Gasteiger partial charge in [0.15, 0.2) is 0 Å². The molecule has 1 aromatic heterocycles. The summed E-state index contributed by atoms with van der Waals surface area (Å²) in [5.41, 5.74) is -1.07. The van der Waals surface area contributed by atoms with Gasteiger partial charge < -0.3 is 14.9 Å². The fourth-order valence-corrected chi connectivity index (χ4v) is 3.61. The predicted octanol–water partition coefficient (Wildman–Crippen LogP) is 3.11. The van der Waals surface area contributed by atoms with Gasteiger partial charge in [0.25, 0.3) is 0 Å². The number of carbonyl (C=O) groups is 2. The molecule has 0 aliphatic carbocycles. The second-order valence-electron chi connectivity index (χ2n) is 7.08. The standard InChI is InChI=1S/C15H19F3N4O.C2HF3O2/c1-21-13(23)3-5-14(21)4-2-7-22(8-6-14)12-9-11(15(16,17)18)19-10-20-12;3-2(4,5)1(6)7/h9-10H,2-8H2,1H3;(H,6,7). The van der Waals surface area contributed by atoms with Gasteiger partial charge in [-0.3, -0.25) is 4.79 Å². The Bertz CT molecular complexity index is 785. The van der Waals surface area contributed by atoms with E-state index >= 15 is 0 Å². The van der Waals surface area contributed by atoms with Crippen molar-refractivity contribution in [2.75, 3.05) is 25.0 Å². The molecule has 0 saturated carbocycles. The van der Waals surface area contributed by atoms with Crippen LogP contribution >= 0.6 is 0 Å². The smallest absolute Gasteiger partial charge is 0.475 e. The second-order valence-corrected chi connectivity index (χ2v) is 7.08. The van der Waals surface area contributed by atoms with Gasteiger partial charge in [0.1, 0.15) is 17.8 Å². The number of carbonyl (C=O) groups excluding carboxylic acids is 1. The minimum Gasteiger partial charge on any atom is -0.475 e. The van der Waals surface area contributed by atoms with E-state index in [0.717, 1.165) is 38.1 Å². The molecule has 1 unspecified atom stereocenters. The molecule has 2 aliphatic rings. The molecule has 168 valence electrons. The lowest BCUT2D eigenvalue weighted by atomic mass is 9.88. The molecule has 3 rings (SSSR count). The Morgan fingerprint density at radius 3 is 2.23 bits per heavy atom. The fraction of sp³-hybridized carbons (Fsp3) is 0.647. The zero-order valence-corrected chi connectivity index (χ0v) is 15.9. The summed E-state index contributed by atoms with van der Waals surface area (Å²) in [6.45, 7) is 1.23. The maximum Gasteiger partial charge on any atom is 0.490 e. The fourth-order valence-electron chi connectivity index (χ4n) is 3.61. The molecule has 0 radical (unpaired) electrons. The maximum atomic E-state index is 12.8. The number of halogens is 6. The number of aromatic nitrogens is 2. The number of aliphatic carboxylic acids is 1. The minimum absolute atomic E-state index is 0.147. The largest absolute Gasteiger partial charge is 0.490 e. The molecule has 30 heavy (non-hydrogen) atoms. The molecule has 3 heterocycles. The summed E-state index contributed by atoms with van der Waals surface area (Å²) < 4.78 is 70.1. The van der Waals surface area contributed by atoms with E-state index in [1.54, 1.807) is 0 Å². The average molecular weight is 442 g/mol. The summed E-state index contributed by atoms with van der Waals surface area (Å²) in [5.74, 6) is -2.30. The molecule has 1 N–H and O–H groups in total. The third-order valence-corrected chi connectivity index (χ3v) is 5.32. The Kier molecular flexibility index (Phi) is 6.82. The molecule has 1 amide bonds. The third kappa shape index (κ3) is 5.51. The van der Waals surface area contributed by atoms with Gasteiger partial charge in [-0.1, -0.05) is 0 Å². The van der Waals surface area contributed by atoms with Crippen molar-refractivity contribution in [3.05, 3.63) is 18.1 Å². The molecule has 2 saturated heterocycles. The lowest BCUT2D eigenvalue weighted by Gasteiger charge is -2.35. The van der Waals surface area contributed by atoms with Crippen molar-refractivity contribution in [3.63, 3.8) is 0 Å². The van der Waals surface area contributed by atoms with E-state index < -0.39 is 24.0 Å². The summed E-state index contributed by atoms with van der Waals surface area (Å²) in [4.78, 5) is 31.7. The Morgan fingerprint density at radius 2 is 1.73 bits per heavy atom. The van der Waals surface area contributed by atoms with Gasteiger partial charge >= 0.3 is 18.3 Å². The number of likely N-dealkylation sites (tertiary alicyclic amines) is 1. The van der Waals surface area contributed by atoms with Crippen LogP contribution in [0.4, 0.5) is 32.2 Å². The van der Waals surface area contributed by atoms with Gasteiger partial charge in [-0.2, -0.15) is 26.3 Å². The van der Waals surface area contributed by atoms with E-state index in [9.17, 15) is 31.1 Å². The number of carboxylic acids is 1. The number of rotatable bonds is 1. The Hall–Kier alpha value is -2.60. The van der Waals surface area contributed by atoms with Crippen LogP contribution in [0.25, 0.3) is 0 Å². The van der Waals surface area contributed by atoms with Crippen molar-refractivity contribution in [1.29, 1.82) is 0 Å². The van der Waals surface area contributed by atoms with Crippen LogP contribution in [0.3, 0.4) is 0 Å². The zero-order chi connectivity index (χ0) is 22.7. The SMILES string of the molecule is CN1C(=O)CCC12CCCN(c1cc(C(F)(F)F)ncn1)CC2.O=C(O)C(F)(F)F. The first-order chi connectivity index (χ1) is 13.8. The van der Waals surface area contributed by atoms with E-state index in [4.69, 9.17) is 9.90 Å². The quantitative estimate of drug-likeness (QED) is 0.673. The van der Waals surface area contributed by atoms with Gasteiger partial charge in [-0.25, -0.2) is 14.8 Å². The monoisotopic (exact) mass is 442 g/mol. The molecule has 13 heteroatoms. The average Bonchev–Trinajstić information content (AvgIpc) is 2.83. The summed E-state index contributed by atoms with van der Waals surface area (Å²) in [5, 5.41) is 7.12. The van der Waals surface area contributed by atoms with Gasteiger partial charge in [0.05, 0.1) is 0 Å². The molecule has 1 aromatic rings. The Balaban J connectivity index is 0.000000396. The lowest BCUT2D eigenvalue weighted by Crippen LogP contribution is -2.43. The van der Waals surface area contributed by atoms with Crippen LogP contribution in [-0.2, 0) is 15.8 Å². The summed E-state index contributed by atoms with van der Waals surface area (Å²) in [7, 11) is 1.83. The summed E-state index contributed by atoms with van der Waals surface area (Å²) >= 11 is 0. The van der Waals surface area contributed by atoms with Crippen LogP contribution in [0.1, 0.15) is 37.8 Å². The van der Waals surface area contributed by atoms with Crippen LogP contribution in [0.5, 0.6) is 0 Å². The van der Waals surface area contributed by atoms with Crippen molar-refractivity contribution in [3.8, 4) is 0 Å². The predicted molar refractivity (Wildman–Crippen MR) is 91.5 cm³/mol. The van der Waals surface area contributed by atoms with Gasteiger partial charge in [-0.05, 0) is 25.7 Å². The molecule has 7 nitrogen and oxygen atoms in total.